The Balaban J connectivity index is 1.59. The van der Waals surface area contributed by atoms with Crippen LogP contribution in [0.15, 0.2) is 48.8 Å². The number of nitrogens with two attached hydrogens (primary N) is 1. The van der Waals surface area contributed by atoms with Gasteiger partial charge >= 0.3 is 0 Å². The second-order valence-corrected chi connectivity index (χ2v) is 6.79. The van der Waals surface area contributed by atoms with Gasteiger partial charge in [-0.3, -0.25) is 4.57 Å². The molecule has 140 valence electrons. The van der Waals surface area contributed by atoms with Crippen molar-refractivity contribution in [1.82, 2.24) is 24.5 Å². The summed E-state index contributed by atoms with van der Waals surface area (Å²) in [6.45, 7) is 0. The molecule has 0 radical (unpaired) electrons. The van der Waals surface area contributed by atoms with E-state index in [4.69, 9.17) is 20.4 Å². The number of nitrogens with zero attached hydrogens (tertiary/aromatic N) is 5. The lowest BCUT2D eigenvalue weighted by atomic mass is 10.2. The molecule has 1 aromatic carbocycles. The van der Waals surface area contributed by atoms with E-state index in [1.54, 1.807) is 25.6 Å². The summed E-state index contributed by atoms with van der Waals surface area (Å²) in [6, 6.07) is 11.4. The van der Waals surface area contributed by atoms with Gasteiger partial charge in [-0.15, -0.1) is 0 Å². The highest BCUT2D eigenvalue weighted by Crippen LogP contribution is 2.41. The van der Waals surface area contributed by atoms with Crippen molar-refractivity contribution >= 4 is 28.5 Å². The Kier molecular flexibility index (Phi) is 3.82. The second-order valence-electron chi connectivity index (χ2n) is 6.79. The van der Waals surface area contributed by atoms with Gasteiger partial charge in [-0.1, -0.05) is 6.07 Å². The van der Waals surface area contributed by atoms with Crippen LogP contribution in [0.3, 0.4) is 0 Å². The van der Waals surface area contributed by atoms with Crippen LogP contribution in [-0.4, -0.2) is 31.6 Å². The highest BCUT2D eigenvalue weighted by atomic mass is 16.5. The first-order valence-electron chi connectivity index (χ1n) is 9.09. The molecule has 0 bridgehead atoms. The number of hydrogen-bond donors (Lipinski definition) is 2. The van der Waals surface area contributed by atoms with Crippen LogP contribution < -0.4 is 15.8 Å². The lowest BCUT2D eigenvalue weighted by Gasteiger charge is -2.10. The molecule has 1 fully saturated rings. The Morgan fingerprint density at radius 1 is 1.11 bits per heavy atom. The molecule has 3 N–H and O–H groups in total. The second kappa shape index (κ2) is 6.49. The number of benzene rings is 1. The fraction of sp³-hybridized carbons (Fsp3) is 0.200. The lowest BCUT2D eigenvalue weighted by Crippen LogP contribution is -2.03. The quantitative estimate of drug-likeness (QED) is 0.517. The molecule has 0 spiro atoms. The summed E-state index contributed by atoms with van der Waals surface area (Å²) in [6.07, 6.45) is 5.71. The van der Waals surface area contributed by atoms with Gasteiger partial charge in [-0.25, -0.2) is 15.0 Å². The Bertz CT molecular complexity index is 1150. The molecule has 1 saturated carbocycles. The van der Waals surface area contributed by atoms with Crippen molar-refractivity contribution in [3.05, 3.63) is 54.6 Å². The van der Waals surface area contributed by atoms with Gasteiger partial charge in [0.05, 0.1) is 30.9 Å². The van der Waals surface area contributed by atoms with Gasteiger partial charge in [0.2, 0.25) is 11.8 Å². The number of anilines is 3. The number of nitrogens with one attached hydrogen (secondary N) is 1. The van der Waals surface area contributed by atoms with E-state index in [-0.39, 0.29) is 0 Å². The van der Waals surface area contributed by atoms with Crippen LogP contribution >= 0.6 is 0 Å². The topological polar surface area (TPSA) is 104 Å². The molecule has 3 aromatic heterocycles. The number of methoxy groups -OCH3 is 1. The molecule has 28 heavy (non-hydrogen) atoms. The zero-order valence-electron chi connectivity index (χ0n) is 15.3. The van der Waals surface area contributed by atoms with Crippen LogP contribution in [0.4, 0.5) is 17.3 Å². The molecule has 8 nitrogen and oxygen atoms in total. The van der Waals surface area contributed by atoms with E-state index in [9.17, 15) is 0 Å². The third kappa shape index (κ3) is 2.98. The first kappa shape index (κ1) is 16.5. The zero-order chi connectivity index (χ0) is 19.1. The van der Waals surface area contributed by atoms with E-state index in [1.165, 1.54) is 0 Å². The lowest BCUT2D eigenvalue weighted by molar-refractivity contribution is 0.398. The smallest absolute Gasteiger partial charge is 0.229 e. The molecule has 0 unspecified atom stereocenters. The third-order valence-corrected chi connectivity index (χ3v) is 4.70. The Morgan fingerprint density at radius 2 is 2.00 bits per heavy atom. The Morgan fingerprint density at radius 3 is 2.71 bits per heavy atom. The Labute approximate surface area is 161 Å². The van der Waals surface area contributed by atoms with E-state index >= 15 is 0 Å². The summed E-state index contributed by atoms with van der Waals surface area (Å²) in [4.78, 5) is 18.1. The maximum atomic E-state index is 6.01. The summed E-state index contributed by atoms with van der Waals surface area (Å²) in [5, 5.41) is 3.19. The van der Waals surface area contributed by atoms with Crippen molar-refractivity contribution < 1.29 is 4.74 Å². The average Bonchev–Trinajstić information content (AvgIpc) is 3.49. The molecule has 5 rings (SSSR count). The van der Waals surface area contributed by atoms with Crippen molar-refractivity contribution in [3.8, 4) is 11.6 Å². The molecule has 4 aromatic rings. The van der Waals surface area contributed by atoms with Gasteiger partial charge in [0.1, 0.15) is 11.3 Å². The minimum absolute atomic E-state index is 0.456. The molecule has 0 aliphatic heterocycles. The number of nitrogen functional groups attached to an aromatic ring is 1. The number of imidazole rings is 1. The van der Waals surface area contributed by atoms with Gasteiger partial charge in [-0.2, -0.15) is 4.98 Å². The predicted octanol–water partition coefficient (Wildman–Crippen LogP) is 3.42. The third-order valence-electron chi connectivity index (χ3n) is 4.70. The van der Waals surface area contributed by atoms with Gasteiger partial charge in [0, 0.05) is 17.7 Å². The maximum Gasteiger partial charge on any atom is 0.229 e. The summed E-state index contributed by atoms with van der Waals surface area (Å²) in [5.41, 5.74) is 9.97. The fourth-order valence-electron chi connectivity index (χ4n) is 3.19. The highest BCUT2D eigenvalue weighted by Gasteiger charge is 2.30. The first-order chi connectivity index (χ1) is 13.7. The number of aromatic nitrogens is 5. The van der Waals surface area contributed by atoms with Crippen LogP contribution in [0, 0.1) is 0 Å². The molecule has 1 aliphatic carbocycles. The fourth-order valence-corrected chi connectivity index (χ4v) is 3.19. The molecule has 0 saturated heterocycles. The van der Waals surface area contributed by atoms with E-state index < -0.39 is 0 Å². The van der Waals surface area contributed by atoms with Crippen LogP contribution in [0.25, 0.3) is 16.9 Å². The van der Waals surface area contributed by atoms with Crippen molar-refractivity contribution in [2.75, 3.05) is 18.2 Å². The molecule has 0 amide bonds. The molecule has 8 heteroatoms. The Hall–Kier alpha value is -3.68. The van der Waals surface area contributed by atoms with E-state index in [2.05, 4.69) is 19.9 Å². The molecular weight excluding hydrogens is 354 g/mol. The zero-order valence-corrected chi connectivity index (χ0v) is 15.3. The SMILES string of the molecule is COc1ccc(Nc2ncc3nc(C4CC4)n(-c4cccc(N)c4)c3n2)cn1. The summed E-state index contributed by atoms with van der Waals surface area (Å²) in [5.74, 6) is 2.50. The maximum absolute atomic E-state index is 6.01. The van der Waals surface area contributed by atoms with Gasteiger partial charge in [0.15, 0.2) is 5.65 Å². The number of rotatable bonds is 5. The van der Waals surface area contributed by atoms with E-state index in [0.717, 1.165) is 41.2 Å². The summed E-state index contributed by atoms with van der Waals surface area (Å²) in [7, 11) is 1.58. The van der Waals surface area contributed by atoms with Crippen molar-refractivity contribution in [2.24, 2.45) is 0 Å². The first-order valence-corrected chi connectivity index (χ1v) is 9.09. The molecule has 1 aliphatic rings. The normalized spacial score (nSPS) is 13.6. The summed E-state index contributed by atoms with van der Waals surface area (Å²) >= 11 is 0. The van der Waals surface area contributed by atoms with Crippen molar-refractivity contribution in [2.45, 2.75) is 18.8 Å². The van der Waals surface area contributed by atoms with Gasteiger partial charge < -0.3 is 15.8 Å². The molecule has 3 heterocycles. The number of hydrogen-bond acceptors (Lipinski definition) is 7. The highest BCUT2D eigenvalue weighted by molar-refractivity contribution is 5.76. The minimum atomic E-state index is 0.456. The molecular formula is C20H19N7O. The van der Waals surface area contributed by atoms with Crippen LogP contribution in [0.1, 0.15) is 24.6 Å². The van der Waals surface area contributed by atoms with E-state index in [1.807, 2.05) is 30.3 Å². The van der Waals surface area contributed by atoms with Crippen LogP contribution in [0.5, 0.6) is 5.88 Å². The van der Waals surface area contributed by atoms with Crippen LogP contribution in [0.2, 0.25) is 0 Å². The number of pyridine rings is 1. The average molecular weight is 373 g/mol. The van der Waals surface area contributed by atoms with Gasteiger partial charge in [0.25, 0.3) is 0 Å². The monoisotopic (exact) mass is 373 g/mol. The van der Waals surface area contributed by atoms with E-state index in [0.29, 0.717) is 23.4 Å². The van der Waals surface area contributed by atoms with Gasteiger partial charge in [-0.05, 0) is 37.1 Å². The van der Waals surface area contributed by atoms with Crippen LogP contribution in [-0.2, 0) is 0 Å². The van der Waals surface area contributed by atoms with Crippen molar-refractivity contribution in [3.63, 3.8) is 0 Å². The number of fused-ring (bicyclic) bond motifs is 1. The predicted molar refractivity (Wildman–Crippen MR) is 107 cm³/mol. The standard InChI is InChI=1S/C20H19N7O/c1-28-17-8-7-14(10-22-17)24-20-23-11-16-19(26-20)27(18(25-16)12-5-6-12)15-4-2-3-13(21)9-15/h2-4,7-12H,5-6,21H2,1H3,(H,23,24,26). The largest absolute Gasteiger partial charge is 0.481 e. The minimum Gasteiger partial charge on any atom is -0.481 e. The summed E-state index contributed by atoms with van der Waals surface area (Å²) < 4.78 is 7.18. The van der Waals surface area contributed by atoms with Crippen molar-refractivity contribution in [1.29, 1.82) is 0 Å². The number of ether oxygens (including phenoxy) is 1. The molecule has 0 atom stereocenters.